The molecule has 25 heavy (non-hydrogen) atoms. The van der Waals surface area contributed by atoms with Crippen LogP contribution in [-0.2, 0) is 14.3 Å². The molecule has 3 aliphatic rings. The summed E-state index contributed by atoms with van der Waals surface area (Å²) in [6.07, 6.45) is 3.44. The van der Waals surface area contributed by atoms with Crippen molar-refractivity contribution in [1.29, 1.82) is 0 Å². The van der Waals surface area contributed by atoms with Gasteiger partial charge in [0.1, 0.15) is 11.7 Å². The topological polar surface area (TPSA) is 90.3 Å². The lowest BCUT2D eigenvalue weighted by atomic mass is 9.75. The molecule has 3 fully saturated rings. The lowest BCUT2D eigenvalue weighted by molar-refractivity contribution is -0.245. The smallest absolute Gasteiger partial charge is 0.224 e. The van der Waals surface area contributed by atoms with Crippen LogP contribution in [0.5, 0.6) is 0 Å². The van der Waals surface area contributed by atoms with E-state index in [2.05, 4.69) is 0 Å². The molecule has 0 unspecified atom stereocenters. The minimum Gasteiger partial charge on any atom is -0.387 e. The monoisotopic (exact) mass is 354 g/mol. The molecule has 0 bridgehead atoms. The molecule has 0 saturated carbocycles. The molecule has 3 rings (SSSR count). The van der Waals surface area contributed by atoms with Crippen LogP contribution in [0.1, 0.15) is 51.9 Å². The van der Waals surface area contributed by atoms with Crippen LogP contribution in [0.25, 0.3) is 0 Å². The Hall–Kier alpha value is -1.18. The molecule has 1 spiro atoms. The number of ether oxygens (including phenoxy) is 1. The molecule has 142 valence electrons. The summed E-state index contributed by atoms with van der Waals surface area (Å²) in [5.74, 6) is 0.197. The van der Waals surface area contributed by atoms with Crippen LogP contribution in [0.3, 0.4) is 0 Å². The van der Waals surface area contributed by atoms with Gasteiger partial charge in [-0.3, -0.25) is 9.59 Å². The molecular weight excluding hydrogens is 324 g/mol. The van der Waals surface area contributed by atoms with E-state index in [0.29, 0.717) is 58.3 Å². The van der Waals surface area contributed by atoms with Crippen molar-refractivity contribution in [3.8, 4) is 0 Å². The Morgan fingerprint density at radius 1 is 1.24 bits per heavy atom. The molecular formula is C18H30N2O5. The zero-order valence-electron chi connectivity index (χ0n) is 15.1. The van der Waals surface area contributed by atoms with Crippen LogP contribution in [0.15, 0.2) is 0 Å². The van der Waals surface area contributed by atoms with E-state index in [1.807, 2.05) is 0 Å². The van der Waals surface area contributed by atoms with Crippen molar-refractivity contribution < 1.29 is 24.5 Å². The van der Waals surface area contributed by atoms with Gasteiger partial charge in [-0.25, -0.2) is 0 Å². The van der Waals surface area contributed by atoms with Gasteiger partial charge in [-0.05, 0) is 32.6 Å². The van der Waals surface area contributed by atoms with Crippen LogP contribution in [0.2, 0.25) is 0 Å². The van der Waals surface area contributed by atoms with Crippen molar-refractivity contribution in [1.82, 2.24) is 9.80 Å². The highest BCUT2D eigenvalue weighted by Gasteiger charge is 2.52. The lowest BCUT2D eigenvalue weighted by Crippen LogP contribution is -2.64. The number of aliphatic hydroxyl groups excluding tert-OH is 1. The number of hydrogen-bond acceptors (Lipinski definition) is 5. The molecule has 0 aliphatic carbocycles. The van der Waals surface area contributed by atoms with Crippen molar-refractivity contribution >= 4 is 11.8 Å². The number of aliphatic hydroxyl groups is 2. The molecule has 7 heteroatoms. The Morgan fingerprint density at radius 3 is 2.64 bits per heavy atom. The third kappa shape index (κ3) is 3.83. The van der Waals surface area contributed by atoms with Gasteiger partial charge in [-0.2, -0.15) is 0 Å². The van der Waals surface area contributed by atoms with Crippen molar-refractivity contribution in [3.05, 3.63) is 0 Å². The molecule has 3 heterocycles. The third-order valence-corrected chi connectivity index (χ3v) is 6.06. The lowest BCUT2D eigenvalue weighted by Gasteiger charge is -2.51. The normalized spacial score (nSPS) is 32.9. The molecule has 0 aromatic heterocycles. The fourth-order valence-corrected chi connectivity index (χ4v) is 4.28. The van der Waals surface area contributed by atoms with E-state index in [1.165, 1.54) is 0 Å². The fourth-order valence-electron chi connectivity index (χ4n) is 4.28. The van der Waals surface area contributed by atoms with E-state index in [1.54, 1.807) is 16.7 Å². The minimum atomic E-state index is -1.14. The second-order valence-corrected chi connectivity index (χ2v) is 7.89. The predicted octanol–water partition coefficient (Wildman–Crippen LogP) is 0.282. The quantitative estimate of drug-likeness (QED) is 0.760. The van der Waals surface area contributed by atoms with Gasteiger partial charge in [0.15, 0.2) is 0 Å². The Morgan fingerprint density at radius 2 is 1.96 bits per heavy atom. The van der Waals surface area contributed by atoms with Gasteiger partial charge in [0.25, 0.3) is 0 Å². The van der Waals surface area contributed by atoms with Gasteiger partial charge in [-0.15, -0.1) is 0 Å². The highest BCUT2D eigenvalue weighted by atomic mass is 16.5. The number of hydrogen-bond donors (Lipinski definition) is 2. The number of rotatable bonds is 3. The maximum atomic E-state index is 12.5. The van der Waals surface area contributed by atoms with Crippen LogP contribution >= 0.6 is 0 Å². The first kappa shape index (κ1) is 18.6. The SMILES string of the molecule is C[C@@]1(O)CCOC2(CCN(C(=O)CCN3CCCCC3=O)CC2)[C@H]1O. The second-order valence-electron chi connectivity index (χ2n) is 7.89. The summed E-state index contributed by atoms with van der Waals surface area (Å²) in [4.78, 5) is 27.9. The standard InChI is InChI=1S/C18H30N2O5/c1-17(24)8-13-25-18(16(17)23)6-11-20(12-7-18)15(22)5-10-19-9-3-2-4-14(19)21/h16,23-24H,2-13H2,1H3/t16-,17+/m0/s1. The summed E-state index contributed by atoms with van der Waals surface area (Å²) in [5, 5.41) is 20.9. The van der Waals surface area contributed by atoms with Crippen LogP contribution in [0, 0.1) is 0 Å². The van der Waals surface area contributed by atoms with Gasteiger partial charge in [0, 0.05) is 45.4 Å². The maximum Gasteiger partial charge on any atom is 0.224 e. The molecule has 7 nitrogen and oxygen atoms in total. The van der Waals surface area contributed by atoms with E-state index in [-0.39, 0.29) is 11.8 Å². The van der Waals surface area contributed by atoms with E-state index in [0.717, 1.165) is 19.4 Å². The van der Waals surface area contributed by atoms with E-state index >= 15 is 0 Å². The van der Waals surface area contributed by atoms with Gasteiger partial charge < -0.3 is 24.7 Å². The second kappa shape index (κ2) is 7.21. The number of carbonyl (C=O) groups is 2. The van der Waals surface area contributed by atoms with Gasteiger partial charge in [0.2, 0.25) is 11.8 Å². The Balaban J connectivity index is 1.50. The van der Waals surface area contributed by atoms with Gasteiger partial charge in [0.05, 0.1) is 12.2 Å². The molecule has 2 N–H and O–H groups in total. The summed E-state index contributed by atoms with van der Waals surface area (Å²) in [6.45, 7) is 4.35. The van der Waals surface area contributed by atoms with Crippen LogP contribution in [-0.4, -0.2) is 81.9 Å². The summed E-state index contributed by atoms with van der Waals surface area (Å²) >= 11 is 0. The van der Waals surface area contributed by atoms with E-state index in [4.69, 9.17) is 4.74 Å². The highest BCUT2D eigenvalue weighted by molar-refractivity contribution is 5.79. The molecule has 3 saturated heterocycles. The zero-order valence-corrected chi connectivity index (χ0v) is 15.1. The fraction of sp³-hybridized carbons (Fsp3) is 0.889. The van der Waals surface area contributed by atoms with Crippen LogP contribution in [0.4, 0.5) is 0 Å². The zero-order chi connectivity index (χ0) is 18.1. The molecule has 0 aromatic carbocycles. The predicted molar refractivity (Wildman–Crippen MR) is 90.8 cm³/mol. The average molecular weight is 354 g/mol. The summed E-state index contributed by atoms with van der Waals surface area (Å²) in [5.41, 5.74) is -1.89. The van der Waals surface area contributed by atoms with Crippen molar-refractivity contribution in [2.24, 2.45) is 0 Å². The van der Waals surface area contributed by atoms with Crippen LogP contribution < -0.4 is 0 Å². The number of piperidine rings is 2. The molecule has 3 aliphatic heterocycles. The first-order valence-electron chi connectivity index (χ1n) is 9.44. The number of nitrogens with zero attached hydrogens (tertiary/aromatic N) is 2. The van der Waals surface area contributed by atoms with Crippen molar-refractivity contribution in [2.45, 2.75) is 69.2 Å². The average Bonchev–Trinajstić information content (AvgIpc) is 2.59. The first-order valence-corrected chi connectivity index (χ1v) is 9.44. The molecule has 0 aromatic rings. The summed E-state index contributed by atoms with van der Waals surface area (Å²) in [7, 11) is 0. The van der Waals surface area contributed by atoms with E-state index < -0.39 is 17.3 Å². The largest absolute Gasteiger partial charge is 0.387 e. The number of carbonyl (C=O) groups excluding carboxylic acids is 2. The number of amides is 2. The summed E-state index contributed by atoms with van der Waals surface area (Å²) in [6, 6.07) is 0. The first-order chi connectivity index (χ1) is 11.8. The maximum absolute atomic E-state index is 12.5. The van der Waals surface area contributed by atoms with Gasteiger partial charge in [-0.1, -0.05) is 0 Å². The highest BCUT2D eigenvalue weighted by Crippen LogP contribution is 2.39. The Kier molecular flexibility index (Phi) is 5.37. The Bertz CT molecular complexity index is 514. The molecule has 0 radical (unpaired) electrons. The molecule has 2 atom stereocenters. The van der Waals surface area contributed by atoms with Crippen molar-refractivity contribution in [3.63, 3.8) is 0 Å². The van der Waals surface area contributed by atoms with Gasteiger partial charge >= 0.3 is 0 Å². The van der Waals surface area contributed by atoms with E-state index in [9.17, 15) is 19.8 Å². The Labute approximate surface area is 148 Å². The number of likely N-dealkylation sites (tertiary alicyclic amines) is 2. The molecule has 2 amide bonds. The third-order valence-electron chi connectivity index (χ3n) is 6.06. The van der Waals surface area contributed by atoms with Crippen molar-refractivity contribution in [2.75, 3.05) is 32.8 Å². The summed E-state index contributed by atoms with van der Waals surface area (Å²) < 4.78 is 5.85. The minimum absolute atomic E-state index is 0.0466.